The molecule has 1 amide bonds. The van der Waals surface area contributed by atoms with Gasteiger partial charge in [-0.25, -0.2) is 4.39 Å². The van der Waals surface area contributed by atoms with E-state index in [4.69, 9.17) is 0 Å². The van der Waals surface area contributed by atoms with Crippen LogP contribution in [-0.4, -0.2) is 17.4 Å². The highest BCUT2D eigenvalue weighted by Crippen LogP contribution is 2.29. The predicted octanol–water partition coefficient (Wildman–Crippen LogP) is 3.73. The summed E-state index contributed by atoms with van der Waals surface area (Å²) >= 11 is 0. The van der Waals surface area contributed by atoms with Crippen molar-refractivity contribution in [2.24, 2.45) is 0 Å². The minimum atomic E-state index is -0.261. The fraction of sp³-hybridized carbons (Fsp3) is 0.278. The van der Waals surface area contributed by atoms with E-state index in [1.54, 1.807) is 12.1 Å². The van der Waals surface area contributed by atoms with E-state index in [-0.39, 0.29) is 17.6 Å². The van der Waals surface area contributed by atoms with Gasteiger partial charge in [-0.2, -0.15) is 0 Å². The molecule has 21 heavy (non-hydrogen) atoms. The van der Waals surface area contributed by atoms with Crippen LogP contribution in [0.25, 0.3) is 0 Å². The van der Waals surface area contributed by atoms with Crippen LogP contribution in [0.5, 0.6) is 0 Å². The van der Waals surface area contributed by atoms with Gasteiger partial charge < -0.3 is 4.90 Å². The first-order chi connectivity index (χ1) is 10.2. The molecule has 0 saturated carbocycles. The molecule has 2 nitrogen and oxygen atoms in total. The smallest absolute Gasteiger partial charge is 0.230 e. The normalized spacial score (nSPS) is 18.8. The molecule has 0 spiro atoms. The van der Waals surface area contributed by atoms with Crippen molar-refractivity contribution in [1.29, 1.82) is 0 Å². The van der Waals surface area contributed by atoms with E-state index in [9.17, 15) is 9.18 Å². The first-order valence-electron chi connectivity index (χ1n) is 7.32. The van der Waals surface area contributed by atoms with E-state index in [0.29, 0.717) is 6.54 Å². The maximum atomic E-state index is 13.0. The van der Waals surface area contributed by atoms with Crippen LogP contribution in [0.15, 0.2) is 54.6 Å². The summed E-state index contributed by atoms with van der Waals surface area (Å²) in [6.07, 6.45) is 1.83. The number of benzene rings is 2. The molecule has 0 aliphatic carbocycles. The van der Waals surface area contributed by atoms with Crippen molar-refractivity contribution < 1.29 is 9.18 Å². The van der Waals surface area contributed by atoms with Gasteiger partial charge in [0, 0.05) is 13.1 Å². The van der Waals surface area contributed by atoms with Gasteiger partial charge in [0.25, 0.3) is 0 Å². The Bertz CT molecular complexity index is 609. The van der Waals surface area contributed by atoms with Crippen LogP contribution in [0.2, 0.25) is 0 Å². The van der Waals surface area contributed by atoms with Crippen molar-refractivity contribution in [2.75, 3.05) is 6.54 Å². The Morgan fingerprint density at radius 1 is 1.05 bits per heavy atom. The van der Waals surface area contributed by atoms with Gasteiger partial charge in [-0.05, 0) is 36.1 Å². The standard InChI is InChI=1S/C18H18FNO/c19-16-10-8-15(9-11-16)17-7-4-12-20(18(17)21)13-14-5-2-1-3-6-14/h1-3,5-6,8-11,17H,4,7,12-13H2. The molecule has 1 unspecified atom stereocenters. The number of hydrogen-bond donors (Lipinski definition) is 0. The van der Waals surface area contributed by atoms with Gasteiger partial charge in [0.15, 0.2) is 0 Å². The molecule has 3 heteroatoms. The Hall–Kier alpha value is -2.16. The topological polar surface area (TPSA) is 20.3 Å². The molecule has 2 aromatic carbocycles. The zero-order valence-electron chi connectivity index (χ0n) is 11.8. The molecule has 1 aliphatic heterocycles. The van der Waals surface area contributed by atoms with Gasteiger partial charge in [-0.15, -0.1) is 0 Å². The summed E-state index contributed by atoms with van der Waals surface area (Å²) < 4.78 is 13.0. The third-order valence-corrected chi connectivity index (χ3v) is 4.02. The van der Waals surface area contributed by atoms with Crippen LogP contribution in [0, 0.1) is 5.82 Å². The van der Waals surface area contributed by atoms with Crippen LogP contribution < -0.4 is 0 Å². The average Bonchev–Trinajstić information content (AvgIpc) is 2.52. The maximum absolute atomic E-state index is 13.0. The van der Waals surface area contributed by atoms with E-state index in [0.717, 1.165) is 30.5 Å². The van der Waals surface area contributed by atoms with Crippen molar-refractivity contribution in [2.45, 2.75) is 25.3 Å². The number of likely N-dealkylation sites (tertiary alicyclic amines) is 1. The molecular formula is C18H18FNO. The molecule has 108 valence electrons. The number of hydrogen-bond acceptors (Lipinski definition) is 1. The molecule has 0 radical (unpaired) electrons. The zero-order chi connectivity index (χ0) is 14.7. The highest BCUT2D eigenvalue weighted by Gasteiger charge is 2.29. The SMILES string of the molecule is O=C1C(c2ccc(F)cc2)CCCN1Cc1ccccc1. The van der Waals surface area contributed by atoms with E-state index in [1.807, 2.05) is 35.2 Å². The van der Waals surface area contributed by atoms with Crippen LogP contribution in [0.1, 0.15) is 29.9 Å². The molecule has 1 aliphatic rings. The van der Waals surface area contributed by atoms with Crippen molar-refractivity contribution in [1.82, 2.24) is 4.90 Å². The van der Waals surface area contributed by atoms with Crippen molar-refractivity contribution >= 4 is 5.91 Å². The van der Waals surface area contributed by atoms with E-state index >= 15 is 0 Å². The molecule has 1 heterocycles. The highest BCUT2D eigenvalue weighted by molar-refractivity contribution is 5.84. The number of carbonyl (C=O) groups is 1. The summed E-state index contributed by atoms with van der Waals surface area (Å²) in [6.45, 7) is 1.45. The lowest BCUT2D eigenvalue weighted by atomic mass is 9.89. The summed E-state index contributed by atoms with van der Waals surface area (Å²) in [7, 11) is 0. The monoisotopic (exact) mass is 283 g/mol. The Balaban J connectivity index is 1.76. The Labute approximate surface area is 124 Å². The molecule has 0 N–H and O–H groups in total. The lowest BCUT2D eigenvalue weighted by Crippen LogP contribution is -2.39. The van der Waals surface area contributed by atoms with Crippen molar-refractivity contribution in [3.05, 3.63) is 71.5 Å². The third-order valence-electron chi connectivity index (χ3n) is 4.02. The lowest BCUT2D eigenvalue weighted by molar-refractivity contribution is -0.135. The van der Waals surface area contributed by atoms with Crippen LogP contribution in [-0.2, 0) is 11.3 Å². The zero-order valence-corrected chi connectivity index (χ0v) is 11.8. The Kier molecular flexibility index (Phi) is 4.00. The van der Waals surface area contributed by atoms with Gasteiger partial charge >= 0.3 is 0 Å². The second-order valence-corrected chi connectivity index (χ2v) is 5.49. The van der Waals surface area contributed by atoms with Gasteiger partial charge in [0.05, 0.1) is 5.92 Å². The number of halogens is 1. The minimum absolute atomic E-state index is 0.136. The van der Waals surface area contributed by atoms with Crippen LogP contribution in [0.4, 0.5) is 4.39 Å². The summed E-state index contributed by atoms with van der Waals surface area (Å²) in [5, 5.41) is 0. The molecule has 1 saturated heterocycles. The fourth-order valence-corrected chi connectivity index (χ4v) is 2.91. The third kappa shape index (κ3) is 3.13. The number of piperidine rings is 1. The largest absolute Gasteiger partial charge is 0.338 e. The Morgan fingerprint density at radius 3 is 2.48 bits per heavy atom. The molecule has 2 aromatic rings. The van der Waals surface area contributed by atoms with E-state index in [2.05, 4.69) is 0 Å². The van der Waals surface area contributed by atoms with E-state index in [1.165, 1.54) is 12.1 Å². The van der Waals surface area contributed by atoms with Crippen molar-refractivity contribution in [3.8, 4) is 0 Å². The second kappa shape index (κ2) is 6.08. The van der Waals surface area contributed by atoms with Gasteiger partial charge in [0.2, 0.25) is 5.91 Å². The quantitative estimate of drug-likeness (QED) is 0.840. The molecular weight excluding hydrogens is 265 g/mol. The number of nitrogens with zero attached hydrogens (tertiary/aromatic N) is 1. The number of amides is 1. The first kappa shape index (κ1) is 13.8. The highest BCUT2D eigenvalue weighted by atomic mass is 19.1. The van der Waals surface area contributed by atoms with Crippen LogP contribution >= 0.6 is 0 Å². The second-order valence-electron chi connectivity index (χ2n) is 5.49. The fourth-order valence-electron chi connectivity index (χ4n) is 2.91. The lowest BCUT2D eigenvalue weighted by Gasteiger charge is -2.32. The van der Waals surface area contributed by atoms with Gasteiger partial charge in [-0.3, -0.25) is 4.79 Å². The number of rotatable bonds is 3. The summed E-state index contributed by atoms with van der Waals surface area (Å²) in [4.78, 5) is 14.6. The predicted molar refractivity (Wildman–Crippen MR) is 80.2 cm³/mol. The summed E-state index contributed by atoms with van der Waals surface area (Å²) in [5.74, 6) is -0.247. The first-order valence-corrected chi connectivity index (χ1v) is 7.32. The summed E-state index contributed by atoms with van der Waals surface area (Å²) in [6, 6.07) is 16.3. The maximum Gasteiger partial charge on any atom is 0.230 e. The average molecular weight is 283 g/mol. The minimum Gasteiger partial charge on any atom is -0.338 e. The van der Waals surface area contributed by atoms with Gasteiger partial charge in [0.1, 0.15) is 5.82 Å². The molecule has 1 atom stereocenters. The van der Waals surface area contributed by atoms with Gasteiger partial charge in [-0.1, -0.05) is 42.5 Å². The van der Waals surface area contributed by atoms with E-state index < -0.39 is 0 Å². The molecule has 0 aromatic heterocycles. The van der Waals surface area contributed by atoms with Crippen LogP contribution in [0.3, 0.4) is 0 Å². The van der Waals surface area contributed by atoms with Crippen molar-refractivity contribution in [3.63, 3.8) is 0 Å². The molecule has 1 fully saturated rings. The number of carbonyl (C=O) groups excluding carboxylic acids is 1. The molecule has 0 bridgehead atoms. The summed E-state index contributed by atoms with van der Waals surface area (Å²) in [5.41, 5.74) is 2.06. The molecule has 3 rings (SSSR count). The Morgan fingerprint density at radius 2 is 1.76 bits per heavy atom.